The van der Waals surface area contributed by atoms with Crippen LogP contribution in [0.1, 0.15) is 37.5 Å². The largest absolute Gasteiger partial charge is 0.484 e. The van der Waals surface area contributed by atoms with Gasteiger partial charge in [0, 0.05) is 6.07 Å². The summed E-state index contributed by atoms with van der Waals surface area (Å²) in [5, 5.41) is 3.82. The van der Waals surface area contributed by atoms with Crippen LogP contribution >= 0.6 is 31.9 Å². The van der Waals surface area contributed by atoms with Gasteiger partial charge >= 0.3 is 0 Å². The second kappa shape index (κ2) is 9.03. The molecule has 2 rings (SSSR count). The molecule has 1 amide bonds. The van der Waals surface area contributed by atoms with Crippen molar-refractivity contribution in [3.05, 3.63) is 50.8 Å². The fourth-order valence-corrected chi connectivity index (χ4v) is 2.51. The van der Waals surface area contributed by atoms with Crippen LogP contribution in [0.4, 0.5) is 0 Å². The number of benzene rings is 1. The summed E-state index contributed by atoms with van der Waals surface area (Å²) in [4.78, 5) is 11.7. The monoisotopic (exact) mass is 456 g/mol. The van der Waals surface area contributed by atoms with Gasteiger partial charge in [-0.25, -0.2) is 5.43 Å². The van der Waals surface area contributed by atoms with Gasteiger partial charge in [0.25, 0.3) is 5.91 Å². The van der Waals surface area contributed by atoms with Crippen LogP contribution in [-0.2, 0) is 4.79 Å². The Balaban J connectivity index is 1.78. The van der Waals surface area contributed by atoms with Crippen LogP contribution in [0.25, 0.3) is 0 Å². The minimum absolute atomic E-state index is 0.106. The first-order valence-electron chi connectivity index (χ1n) is 7.49. The Morgan fingerprint density at radius 3 is 2.67 bits per heavy atom. The van der Waals surface area contributed by atoms with Crippen molar-refractivity contribution in [2.45, 2.75) is 26.2 Å². The molecular weight excluding hydrogens is 440 g/mol. The van der Waals surface area contributed by atoms with Crippen LogP contribution in [0.15, 0.2) is 49.0 Å². The first-order valence-corrected chi connectivity index (χ1v) is 9.07. The molecule has 0 aliphatic heterocycles. The SMILES string of the molecule is CC[C@H](C)c1ccc(OCC(=O)N/N=C/c2cc(Br)c(Br)o2)cc1. The smallest absolute Gasteiger partial charge is 0.277 e. The number of halogens is 2. The number of ether oxygens (including phenoxy) is 1. The number of amides is 1. The second-order valence-corrected chi connectivity index (χ2v) is 6.81. The molecule has 24 heavy (non-hydrogen) atoms. The highest BCUT2D eigenvalue weighted by atomic mass is 79.9. The molecule has 7 heteroatoms. The fraction of sp³-hybridized carbons (Fsp3) is 0.294. The van der Waals surface area contributed by atoms with Gasteiger partial charge in [0.05, 0.1) is 10.7 Å². The Bertz CT molecular complexity index is 692. The zero-order chi connectivity index (χ0) is 17.5. The average Bonchev–Trinajstić information content (AvgIpc) is 2.90. The summed E-state index contributed by atoms with van der Waals surface area (Å²) in [7, 11) is 0. The van der Waals surface area contributed by atoms with Gasteiger partial charge in [0.1, 0.15) is 11.5 Å². The number of nitrogens with one attached hydrogen (secondary N) is 1. The molecule has 0 unspecified atom stereocenters. The molecule has 5 nitrogen and oxygen atoms in total. The van der Waals surface area contributed by atoms with Gasteiger partial charge in [-0.3, -0.25) is 4.79 Å². The summed E-state index contributed by atoms with van der Waals surface area (Å²) in [5.74, 6) is 1.33. The Morgan fingerprint density at radius 2 is 2.08 bits per heavy atom. The third-order valence-corrected chi connectivity index (χ3v) is 5.19. The van der Waals surface area contributed by atoms with Crippen molar-refractivity contribution < 1.29 is 13.9 Å². The van der Waals surface area contributed by atoms with E-state index in [-0.39, 0.29) is 12.5 Å². The Hall–Kier alpha value is -1.60. The molecule has 0 saturated carbocycles. The molecule has 0 bridgehead atoms. The van der Waals surface area contributed by atoms with Gasteiger partial charge in [0.15, 0.2) is 11.3 Å². The molecule has 0 fully saturated rings. The zero-order valence-corrected chi connectivity index (χ0v) is 16.6. The molecular formula is C17H18Br2N2O3. The molecule has 1 atom stereocenters. The molecule has 1 N–H and O–H groups in total. The van der Waals surface area contributed by atoms with Gasteiger partial charge in [-0.2, -0.15) is 5.10 Å². The molecule has 1 aromatic carbocycles. The normalized spacial score (nSPS) is 12.3. The summed E-state index contributed by atoms with van der Waals surface area (Å²) in [6.07, 6.45) is 2.50. The standard InChI is InChI=1S/C17H18Br2N2O3/c1-3-11(2)12-4-6-13(7-5-12)23-10-16(22)21-20-9-14-8-15(18)17(19)24-14/h4-9,11H,3,10H2,1-2H3,(H,21,22)/b20-9+/t11-/m0/s1. The minimum atomic E-state index is -0.345. The van der Waals surface area contributed by atoms with Gasteiger partial charge in [-0.05, 0) is 61.9 Å². The van der Waals surface area contributed by atoms with Gasteiger partial charge in [-0.15, -0.1) is 0 Å². The fourth-order valence-electron chi connectivity index (χ4n) is 1.90. The maximum Gasteiger partial charge on any atom is 0.277 e. The average molecular weight is 458 g/mol. The third kappa shape index (κ3) is 5.49. The lowest BCUT2D eigenvalue weighted by Gasteiger charge is -2.10. The second-order valence-electron chi connectivity index (χ2n) is 5.23. The minimum Gasteiger partial charge on any atom is -0.484 e. The highest BCUT2D eigenvalue weighted by Gasteiger charge is 2.06. The van der Waals surface area contributed by atoms with E-state index in [1.807, 2.05) is 24.3 Å². The molecule has 0 spiro atoms. The number of nitrogens with zero attached hydrogens (tertiary/aromatic N) is 1. The molecule has 0 aliphatic rings. The molecule has 0 aliphatic carbocycles. The van der Waals surface area contributed by atoms with Crippen molar-refractivity contribution in [3.8, 4) is 5.75 Å². The Labute approximate surface area is 157 Å². The van der Waals surface area contributed by atoms with Crippen LogP contribution < -0.4 is 10.2 Å². The quantitative estimate of drug-likeness (QED) is 0.477. The van der Waals surface area contributed by atoms with Crippen molar-refractivity contribution in [1.82, 2.24) is 5.43 Å². The van der Waals surface area contributed by atoms with E-state index in [4.69, 9.17) is 9.15 Å². The molecule has 1 heterocycles. The van der Waals surface area contributed by atoms with E-state index in [1.165, 1.54) is 11.8 Å². The number of hydrogen-bond acceptors (Lipinski definition) is 4. The summed E-state index contributed by atoms with van der Waals surface area (Å²) in [5.41, 5.74) is 3.64. The van der Waals surface area contributed by atoms with Crippen molar-refractivity contribution in [2.75, 3.05) is 6.61 Å². The van der Waals surface area contributed by atoms with Crippen molar-refractivity contribution >= 4 is 44.0 Å². The first-order chi connectivity index (χ1) is 11.5. The molecule has 0 saturated heterocycles. The van der Waals surface area contributed by atoms with Gasteiger partial charge in [0.2, 0.25) is 0 Å². The van der Waals surface area contributed by atoms with Crippen molar-refractivity contribution in [1.29, 1.82) is 0 Å². The number of rotatable bonds is 7. The summed E-state index contributed by atoms with van der Waals surface area (Å²) < 4.78 is 12.1. The van der Waals surface area contributed by atoms with Crippen LogP contribution in [0.2, 0.25) is 0 Å². The van der Waals surface area contributed by atoms with Crippen molar-refractivity contribution in [3.63, 3.8) is 0 Å². The summed E-state index contributed by atoms with van der Waals surface area (Å²) in [6.45, 7) is 4.23. The van der Waals surface area contributed by atoms with E-state index < -0.39 is 0 Å². The Morgan fingerprint density at radius 1 is 1.38 bits per heavy atom. The number of furan rings is 1. The number of carbonyl (C=O) groups is 1. The van der Waals surface area contributed by atoms with Crippen LogP contribution in [0.3, 0.4) is 0 Å². The van der Waals surface area contributed by atoms with E-state index in [1.54, 1.807) is 6.07 Å². The predicted molar refractivity (Wildman–Crippen MR) is 100 cm³/mol. The third-order valence-electron chi connectivity index (χ3n) is 3.48. The number of hydrazone groups is 1. The predicted octanol–water partition coefficient (Wildman–Crippen LogP) is 4.85. The maximum absolute atomic E-state index is 11.7. The summed E-state index contributed by atoms with van der Waals surface area (Å²) >= 11 is 6.52. The zero-order valence-electron chi connectivity index (χ0n) is 13.4. The van der Waals surface area contributed by atoms with E-state index in [9.17, 15) is 4.79 Å². The lowest BCUT2D eigenvalue weighted by molar-refractivity contribution is -0.123. The van der Waals surface area contributed by atoms with Crippen LogP contribution in [-0.4, -0.2) is 18.7 Å². The van der Waals surface area contributed by atoms with E-state index in [0.29, 0.717) is 22.1 Å². The van der Waals surface area contributed by atoms with E-state index >= 15 is 0 Å². The number of hydrogen-bond donors (Lipinski definition) is 1. The van der Waals surface area contributed by atoms with Crippen LogP contribution in [0, 0.1) is 0 Å². The lowest BCUT2D eigenvalue weighted by Crippen LogP contribution is -2.24. The molecule has 2 aromatic rings. The summed E-state index contributed by atoms with van der Waals surface area (Å²) in [6, 6.07) is 9.51. The Kier molecular flexibility index (Phi) is 7.05. The van der Waals surface area contributed by atoms with Crippen molar-refractivity contribution in [2.24, 2.45) is 5.10 Å². The molecule has 1 aromatic heterocycles. The first kappa shape index (κ1) is 18.7. The topological polar surface area (TPSA) is 63.8 Å². The maximum atomic E-state index is 11.7. The lowest BCUT2D eigenvalue weighted by atomic mass is 9.99. The molecule has 128 valence electrons. The van der Waals surface area contributed by atoms with Gasteiger partial charge < -0.3 is 9.15 Å². The molecule has 0 radical (unpaired) electrons. The highest BCUT2D eigenvalue weighted by Crippen LogP contribution is 2.25. The highest BCUT2D eigenvalue weighted by molar-refractivity contribution is 9.13. The van der Waals surface area contributed by atoms with Crippen LogP contribution in [0.5, 0.6) is 5.75 Å². The van der Waals surface area contributed by atoms with E-state index in [2.05, 4.69) is 56.2 Å². The van der Waals surface area contributed by atoms with Gasteiger partial charge in [-0.1, -0.05) is 26.0 Å². The number of carbonyl (C=O) groups excluding carboxylic acids is 1. The van der Waals surface area contributed by atoms with E-state index in [0.717, 1.165) is 10.9 Å².